The smallest absolute Gasteiger partial charge is 0.336 e. The van der Waals surface area contributed by atoms with Crippen LogP contribution in [0, 0.1) is 5.92 Å². The summed E-state index contributed by atoms with van der Waals surface area (Å²) in [6.45, 7) is 6.45. The van der Waals surface area contributed by atoms with Crippen LogP contribution < -0.4 is 0 Å². The van der Waals surface area contributed by atoms with Crippen LogP contribution in [-0.2, 0) is 19.1 Å². The van der Waals surface area contributed by atoms with Crippen LogP contribution in [0.1, 0.15) is 27.7 Å². The van der Waals surface area contributed by atoms with Gasteiger partial charge in [0.1, 0.15) is 5.60 Å². The SMILES string of the molecule is COC(=O)[C@@H](C)[C@@H](O)C(=O)OC(C)(C)C. The molecule has 0 aliphatic rings. The summed E-state index contributed by atoms with van der Waals surface area (Å²) in [5.74, 6) is -2.39. The lowest BCUT2D eigenvalue weighted by molar-refractivity contribution is -0.173. The minimum absolute atomic E-state index is 0.645. The van der Waals surface area contributed by atoms with Crippen LogP contribution in [0.2, 0.25) is 0 Å². The van der Waals surface area contributed by atoms with Crippen molar-refractivity contribution in [2.24, 2.45) is 5.92 Å². The molecule has 5 heteroatoms. The third kappa shape index (κ3) is 4.78. The molecule has 0 amide bonds. The number of rotatable bonds is 3. The van der Waals surface area contributed by atoms with E-state index in [1.165, 1.54) is 14.0 Å². The highest BCUT2D eigenvalue weighted by Gasteiger charge is 2.32. The molecule has 0 unspecified atom stereocenters. The highest BCUT2D eigenvalue weighted by atomic mass is 16.6. The Labute approximate surface area is 89.4 Å². The summed E-state index contributed by atoms with van der Waals surface area (Å²) in [6.07, 6.45) is -1.49. The van der Waals surface area contributed by atoms with Crippen molar-refractivity contribution in [3.05, 3.63) is 0 Å². The third-order valence-corrected chi connectivity index (χ3v) is 1.69. The second-order valence-corrected chi connectivity index (χ2v) is 4.29. The molecular formula is C10H18O5. The van der Waals surface area contributed by atoms with Crippen LogP contribution >= 0.6 is 0 Å². The summed E-state index contributed by atoms with van der Waals surface area (Å²) in [4.78, 5) is 22.4. The predicted molar refractivity (Wildman–Crippen MR) is 53.0 cm³/mol. The lowest BCUT2D eigenvalue weighted by atomic mass is 10.1. The molecule has 0 aromatic rings. The van der Waals surface area contributed by atoms with Crippen LogP contribution in [0.15, 0.2) is 0 Å². The fourth-order valence-electron chi connectivity index (χ4n) is 0.881. The molecule has 2 atom stereocenters. The van der Waals surface area contributed by atoms with E-state index >= 15 is 0 Å². The first kappa shape index (κ1) is 13.9. The minimum Gasteiger partial charge on any atom is -0.469 e. The van der Waals surface area contributed by atoms with Gasteiger partial charge in [0.25, 0.3) is 0 Å². The summed E-state index contributed by atoms with van der Waals surface area (Å²) in [5, 5.41) is 9.48. The average Bonchev–Trinajstić information content (AvgIpc) is 2.11. The van der Waals surface area contributed by atoms with E-state index < -0.39 is 29.6 Å². The van der Waals surface area contributed by atoms with Crippen LogP contribution in [0.3, 0.4) is 0 Å². The lowest BCUT2D eigenvalue weighted by Gasteiger charge is -2.23. The van der Waals surface area contributed by atoms with E-state index in [9.17, 15) is 14.7 Å². The number of esters is 2. The molecule has 0 rings (SSSR count). The summed E-state index contributed by atoms with van der Waals surface area (Å²) in [5.41, 5.74) is -0.687. The number of hydrogen-bond acceptors (Lipinski definition) is 5. The van der Waals surface area contributed by atoms with Crippen molar-refractivity contribution in [1.82, 2.24) is 0 Å². The van der Waals surface area contributed by atoms with Crippen LogP contribution in [-0.4, -0.2) is 35.9 Å². The number of aliphatic hydroxyl groups excluding tert-OH is 1. The second kappa shape index (κ2) is 5.11. The largest absolute Gasteiger partial charge is 0.469 e. The lowest BCUT2D eigenvalue weighted by Crippen LogP contribution is -2.38. The Balaban J connectivity index is 4.39. The highest BCUT2D eigenvalue weighted by Crippen LogP contribution is 2.13. The molecule has 0 bridgehead atoms. The Kier molecular flexibility index (Phi) is 4.74. The number of methoxy groups -OCH3 is 1. The molecule has 0 heterocycles. The van der Waals surface area contributed by atoms with Gasteiger partial charge in [-0.1, -0.05) is 0 Å². The van der Waals surface area contributed by atoms with Gasteiger partial charge in [-0.25, -0.2) is 4.79 Å². The first-order chi connectivity index (χ1) is 6.69. The van der Waals surface area contributed by atoms with Gasteiger partial charge in [0, 0.05) is 0 Å². The van der Waals surface area contributed by atoms with Crippen molar-refractivity contribution in [2.75, 3.05) is 7.11 Å². The average molecular weight is 218 g/mol. The molecule has 0 aliphatic carbocycles. The number of ether oxygens (including phenoxy) is 2. The van der Waals surface area contributed by atoms with Gasteiger partial charge in [-0.15, -0.1) is 0 Å². The maximum absolute atomic E-state index is 11.3. The number of carbonyl (C=O) groups excluding carboxylic acids is 2. The Bertz CT molecular complexity index is 241. The Morgan fingerprint density at radius 1 is 1.20 bits per heavy atom. The summed E-state index contributed by atoms with van der Waals surface area (Å²) in [7, 11) is 1.20. The minimum atomic E-state index is -1.49. The number of carbonyl (C=O) groups is 2. The molecular weight excluding hydrogens is 200 g/mol. The zero-order valence-corrected chi connectivity index (χ0v) is 9.73. The monoisotopic (exact) mass is 218 g/mol. The number of hydrogen-bond donors (Lipinski definition) is 1. The topological polar surface area (TPSA) is 72.8 Å². The van der Waals surface area contributed by atoms with Crippen molar-refractivity contribution >= 4 is 11.9 Å². The molecule has 88 valence electrons. The van der Waals surface area contributed by atoms with Crippen molar-refractivity contribution in [1.29, 1.82) is 0 Å². The fourth-order valence-corrected chi connectivity index (χ4v) is 0.881. The summed E-state index contributed by atoms with van der Waals surface area (Å²) >= 11 is 0. The first-order valence-corrected chi connectivity index (χ1v) is 4.68. The van der Waals surface area contributed by atoms with E-state index in [4.69, 9.17) is 4.74 Å². The van der Waals surface area contributed by atoms with E-state index in [-0.39, 0.29) is 0 Å². The quantitative estimate of drug-likeness (QED) is 0.698. The van der Waals surface area contributed by atoms with E-state index in [1.807, 2.05) is 0 Å². The van der Waals surface area contributed by atoms with Gasteiger partial charge in [0.05, 0.1) is 13.0 Å². The van der Waals surface area contributed by atoms with E-state index in [0.29, 0.717) is 0 Å². The molecule has 0 aliphatic heterocycles. The van der Waals surface area contributed by atoms with Gasteiger partial charge in [-0.3, -0.25) is 4.79 Å². The predicted octanol–water partition coefficient (Wildman–Crippen LogP) is 0.498. The van der Waals surface area contributed by atoms with Gasteiger partial charge in [-0.2, -0.15) is 0 Å². The molecule has 15 heavy (non-hydrogen) atoms. The Morgan fingerprint density at radius 2 is 1.67 bits per heavy atom. The molecule has 1 N–H and O–H groups in total. The van der Waals surface area contributed by atoms with Gasteiger partial charge in [-0.05, 0) is 27.7 Å². The fraction of sp³-hybridized carbons (Fsp3) is 0.800. The van der Waals surface area contributed by atoms with Gasteiger partial charge < -0.3 is 14.6 Å². The molecule has 5 nitrogen and oxygen atoms in total. The van der Waals surface area contributed by atoms with Gasteiger partial charge in [0.15, 0.2) is 6.10 Å². The molecule has 0 aromatic carbocycles. The zero-order valence-electron chi connectivity index (χ0n) is 9.73. The standard InChI is InChI=1S/C10H18O5/c1-6(8(12)14-5)7(11)9(13)15-10(2,3)4/h6-7,11H,1-5H3/t6-,7+/m0/s1. The van der Waals surface area contributed by atoms with Crippen LogP contribution in [0.25, 0.3) is 0 Å². The zero-order chi connectivity index (χ0) is 12.2. The highest BCUT2D eigenvalue weighted by molar-refractivity contribution is 5.83. The molecule has 0 saturated carbocycles. The normalized spacial score (nSPS) is 15.3. The second-order valence-electron chi connectivity index (χ2n) is 4.29. The third-order valence-electron chi connectivity index (χ3n) is 1.69. The maximum Gasteiger partial charge on any atom is 0.336 e. The summed E-state index contributed by atoms with van der Waals surface area (Å²) in [6, 6.07) is 0. The van der Waals surface area contributed by atoms with E-state index in [2.05, 4.69) is 4.74 Å². The van der Waals surface area contributed by atoms with E-state index in [1.54, 1.807) is 20.8 Å². The van der Waals surface area contributed by atoms with Crippen molar-refractivity contribution in [3.63, 3.8) is 0 Å². The van der Waals surface area contributed by atoms with Crippen LogP contribution in [0.4, 0.5) is 0 Å². The van der Waals surface area contributed by atoms with Gasteiger partial charge >= 0.3 is 11.9 Å². The molecule has 0 spiro atoms. The Morgan fingerprint density at radius 3 is 2.00 bits per heavy atom. The van der Waals surface area contributed by atoms with E-state index in [0.717, 1.165) is 0 Å². The summed E-state index contributed by atoms with van der Waals surface area (Å²) < 4.78 is 9.33. The first-order valence-electron chi connectivity index (χ1n) is 4.68. The van der Waals surface area contributed by atoms with Crippen molar-refractivity contribution in [3.8, 4) is 0 Å². The molecule has 0 saturated heterocycles. The number of aliphatic hydroxyl groups is 1. The molecule has 0 aromatic heterocycles. The van der Waals surface area contributed by atoms with Crippen molar-refractivity contribution < 1.29 is 24.2 Å². The molecule has 0 radical (unpaired) electrons. The van der Waals surface area contributed by atoms with Crippen molar-refractivity contribution in [2.45, 2.75) is 39.4 Å². The van der Waals surface area contributed by atoms with Gasteiger partial charge in [0.2, 0.25) is 0 Å². The Hall–Kier alpha value is -1.10. The molecule has 0 fully saturated rings. The van der Waals surface area contributed by atoms with Crippen LogP contribution in [0.5, 0.6) is 0 Å². The maximum atomic E-state index is 11.3.